The highest BCUT2D eigenvalue weighted by molar-refractivity contribution is 6.31. The molecule has 0 bridgehead atoms. The van der Waals surface area contributed by atoms with Crippen molar-refractivity contribution in [1.29, 1.82) is 0 Å². The minimum Gasteiger partial charge on any atom is -0.454 e. The summed E-state index contributed by atoms with van der Waals surface area (Å²) in [4.78, 5) is 24.7. The van der Waals surface area contributed by atoms with Gasteiger partial charge in [-0.1, -0.05) is 72.3 Å². The van der Waals surface area contributed by atoms with Gasteiger partial charge in [-0.2, -0.15) is 0 Å². The summed E-state index contributed by atoms with van der Waals surface area (Å²) in [5.41, 5.74) is 2.26. The molecule has 0 fully saturated rings. The largest absolute Gasteiger partial charge is 0.454 e. The summed E-state index contributed by atoms with van der Waals surface area (Å²) in [6.07, 6.45) is -0.471. The molecule has 0 aliphatic heterocycles. The molecule has 0 unspecified atom stereocenters. The zero-order chi connectivity index (χ0) is 18.5. The van der Waals surface area contributed by atoms with Crippen molar-refractivity contribution in [2.45, 2.75) is 13.0 Å². The Kier molecular flexibility index (Phi) is 5.49. The van der Waals surface area contributed by atoms with Crippen LogP contribution in [0, 0.1) is 0 Å². The van der Waals surface area contributed by atoms with Gasteiger partial charge in [-0.25, -0.2) is 4.79 Å². The number of rotatable bonds is 5. The van der Waals surface area contributed by atoms with E-state index < -0.39 is 12.1 Å². The van der Waals surface area contributed by atoms with E-state index in [0.29, 0.717) is 21.7 Å². The highest BCUT2D eigenvalue weighted by Crippen LogP contribution is 2.26. The molecule has 0 aliphatic rings. The van der Waals surface area contributed by atoms with Crippen molar-refractivity contribution in [3.05, 3.63) is 106 Å². The topological polar surface area (TPSA) is 43.4 Å². The minimum atomic E-state index is -0.471. The molecule has 130 valence electrons. The van der Waals surface area contributed by atoms with Gasteiger partial charge in [0.15, 0.2) is 5.78 Å². The predicted octanol–water partition coefficient (Wildman–Crippen LogP) is 5.49. The van der Waals surface area contributed by atoms with E-state index in [9.17, 15) is 9.59 Å². The number of ether oxygens (including phenoxy) is 1. The van der Waals surface area contributed by atoms with Gasteiger partial charge in [-0.3, -0.25) is 4.79 Å². The molecule has 4 heteroatoms. The fraction of sp³-hybridized carbons (Fsp3) is 0.0909. The van der Waals surface area contributed by atoms with E-state index in [1.54, 1.807) is 49.4 Å². The van der Waals surface area contributed by atoms with E-state index in [1.807, 2.05) is 36.4 Å². The van der Waals surface area contributed by atoms with Crippen molar-refractivity contribution < 1.29 is 14.3 Å². The zero-order valence-electron chi connectivity index (χ0n) is 14.2. The molecular weight excluding hydrogens is 348 g/mol. The summed E-state index contributed by atoms with van der Waals surface area (Å²) in [6, 6.07) is 22.7. The number of carbonyl (C=O) groups is 2. The summed E-state index contributed by atoms with van der Waals surface area (Å²) < 4.78 is 5.48. The number of ketones is 1. The van der Waals surface area contributed by atoms with Gasteiger partial charge in [0.1, 0.15) is 6.10 Å². The number of carbonyl (C=O) groups excluding carboxylic acids is 2. The Hall–Kier alpha value is -2.91. The van der Waals surface area contributed by atoms with Gasteiger partial charge in [0, 0.05) is 21.7 Å². The molecule has 1 atom stereocenters. The second-order valence-electron chi connectivity index (χ2n) is 5.84. The quantitative estimate of drug-likeness (QED) is 0.444. The Bertz CT molecular complexity index is 918. The average Bonchev–Trinajstić information content (AvgIpc) is 2.68. The highest BCUT2D eigenvalue weighted by Gasteiger charge is 2.16. The van der Waals surface area contributed by atoms with Crippen LogP contribution in [0.25, 0.3) is 0 Å². The van der Waals surface area contributed by atoms with Gasteiger partial charge in [-0.15, -0.1) is 0 Å². The molecule has 0 N–H and O–H groups in total. The first-order chi connectivity index (χ1) is 12.6. The number of halogens is 1. The van der Waals surface area contributed by atoms with Gasteiger partial charge >= 0.3 is 5.97 Å². The number of hydrogen-bond acceptors (Lipinski definition) is 3. The molecule has 0 amide bonds. The van der Waals surface area contributed by atoms with Crippen molar-refractivity contribution in [2.24, 2.45) is 0 Å². The Morgan fingerprint density at radius 1 is 0.769 bits per heavy atom. The average molecular weight is 365 g/mol. The summed E-state index contributed by atoms with van der Waals surface area (Å²) >= 11 is 6.13. The monoisotopic (exact) mass is 364 g/mol. The molecule has 3 rings (SSSR count). The van der Waals surface area contributed by atoms with Crippen molar-refractivity contribution in [2.75, 3.05) is 0 Å². The first kappa shape index (κ1) is 17.9. The van der Waals surface area contributed by atoms with Gasteiger partial charge < -0.3 is 4.74 Å². The SMILES string of the molecule is C[C@H](OC(=O)c1ccc(C(=O)c2ccccc2)cc1)c1ccccc1Cl. The maximum atomic E-state index is 12.4. The maximum Gasteiger partial charge on any atom is 0.338 e. The summed E-state index contributed by atoms with van der Waals surface area (Å²) in [5.74, 6) is -0.550. The van der Waals surface area contributed by atoms with Crippen molar-refractivity contribution in [3.8, 4) is 0 Å². The van der Waals surface area contributed by atoms with Gasteiger partial charge in [0.2, 0.25) is 0 Å². The molecule has 0 saturated carbocycles. The summed E-state index contributed by atoms with van der Waals surface area (Å²) in [7, 11) is 0. The normalized spacial score (nSPS) is 11.6. The molecule has 0 radical (unpaired) electrons. The molecule has 26 heavy (non-hydrogen) atoms. The van der Waals surface area contributed by atoms with Gasteiger partial charge in [-0.05, 0) is 25.1 Å². The Morgan fingerprint density at radius 2 is 1.31 bits per heavy atom. The van der Waals surface area contributed by atoms with Crippen LogP contribution in [0.15, 0.2) is 78.9 Å². The summed E-state index contributed by atoms with van der Waals surface area (Å²) in [6.45, 7) is 1.77. The van der Waals surface area contributed by atoms with Crippen LogP contribution in [0.4, 0.5) is 0 Å². The molecule has 3 aromatic carbocycles. The minimum absolute atomic E-state index is 0.0880. The van der Waals surface area contributed by atoms with E-state index in [2.05, 4.69) is 0 Å². The van der Waals surface area contributed by atoms with Crippen LogP contribution in [-0.2, 0) is 4.74 Å². The fourth-order valence-corrected chi connectivity index (χ4v) is 2.90. The van der Waals surface area contributed by atoms with Crippen molar-refractivity contribution >= 4 is 23.4 Å². The zero-order valence-corrected chi connectivity index (χ0v) is 14.9. The van der Waals surface area contributed by atoms with E-state index in [-0.39, 0.29) is 5.78 Å². The molecule has 0 aromatic heterocycles. The lowest BCUT2D eigenvalue weighted by molar-refractivity contribution is 0.0338. The van der Waals surface area contributed by atoms with Crippen LogP contribution in [0.1, 0.15) is 44.9 Å². The Balaban J connectivity index is 1.71. The van der Waals surface area contributed by atoms with E-state index >= 15 is 0 Å². The summed E-state index contributed by atoms with van der Waals surface area (Å²) in [5, 5.41) is 0.552. The lowest BCUT2D eigenvalue weighted by Gasteiger charge is -2.15. The molecule has 0 aliphatic carbocycles. The molecule has 3 aromatic rings. The lowest BCUT2D eigenvalue weighted by atomic mass is 10.0. The fourth-order valence-electron chi connectivity index (χ4n) is 2.61. The van der Waals surface area contributed by atoms with Crippen LogP contribution >= 0.6 is 11.6 Å². The van der Waals surface area contributed by atoms with Crippen molar-refractivity contribution in [3.63, 3.8) is 0 Å². The van der Waals surface area contributed by atoms with Crippen LogP contribution < -0.4 is 0 Å². The Labute approximate surface area is 157 Å². The molecule has 0 spiro atoms. The third-order valence-corrected chi connectivity index (χ3v) is 4.39. The molecular formula is C22H17ClO3. The second-order valence-corrected chi connectivity index (χ2v) is 6.25. The van der Waals surface area contributed by atoms with E-state index in [4.69, 9.17) is 16.3 Å². The first-order valence-corrected chi connectivity index (χ1v) is 8.59. The van der Waals surface area contributed by atoms with Gasteiger partial charge in [0.25, 0.3) is 0 Å². The van der Waals surface area contributed by atoms with Crippen LogP contribution in [-0.4, -0.2) is 11.8 Å². The maximum absolute atomic E-state index is 12.4. The van der Waals surface area contributed by atoms with Crippen molar-refractivity contribution in [1.82, 2.24) is 0 Å². The van der Waals surface area contributed by atoms with E-state index in [0.717, 1.165) is 5.56 Å². The van der Waals surface area contributed by atoms with Gasteiger partial charge in [0.05, 0.1) is 5.56 Å². The second kappa shape index (κ2) is 7.98. The lowest BCUT2D eigenvalue weighted by Crippen LogP contribution is -2.10. The third kappa shape index (κ3) is 4.01. The van der Waals surface area contributed by atoms with Crippen LogP contribution in [0.3, 0.4) is 0 Å². The standard InChI is InChI=1S/C22H17ClO3/c1-15(19-9-5-6-10-20(19)23)26-22(25)18-13-11-17(12-14-18)21(24)16-7-3-2-4-8-16/h2-15H,1H3/t15-/m0/s1. The van der Waals surface area contributed by atoms with E-state index in [1.165, 1.54) is 0 Å². The molecule has 0 saturated heterocycles. The number of benzene rings is 3. The van der Waals surface area contributed by atoms with Crippen LogP contribution in [0.2, 0.25) is 5.02 Å². The smallest absolute Gasteiger partial charge is 0.338 e. The molecule has 0 heterocycles. The Morgan fingerprint density at radius 3 is 1.96 bits per heavy atom. The first-order valence-electron chi connectivity index (χ1n) is 8.21. The predicted molar refractivity (Wildman–Crippen MR) is 102 cm³/mol. The number of esters is 1. The molecule has 3 nitrogen and oxygen atoms in total. The van der Waals surface area contributed by atoms with Crippen LogP contribution in [0.5, 0.6) is 0 Å². The third-order valence-electron chi connectivity index (χ3n) is 4.05. The highest BCUT2D eigenvalue weighted by atomic mass is 35.5. The number of hydrogen-bond donors (Lipinski definition) is 0.